The summed E-state index contributed by atoms with van der Waals surface area (Å²) in [4.78, 5) is 70.6. The smallest absolute Gasteiger partial charge is 0.355 e. The molecule has 1 saturated heterocycles. The minimum Gasteiger partial charge on any atom is -0.497 e. The maximum atomic E-state index is 14.1. The SMILES string of the molecule is CO/N=C(\C(=O)NC1C(=O)N2C(C(=O)OCc3ccc(OC)cc3)=C([C@@H]3CC(C(N)=O)=NO3)CSC12)c1csc(NC(c2ccccc2)(c2ccccc2)c2ccccc2)n1. The van der Waals surface area contributed by atoms with E-state index >= 15 is 0 Å². The summed E-state index contributed by atoms with van der Waals surface area (Å²) in [6.45, 7) is -0.0985. The number of hydrogen-bond acceptors (Lipinski definition) is 14. The number of nitrogens with two attached hydrogens (primary N) is 1. The third-order valence-electron chi connectivity index (χ3n) is 10.4. The second-order valence-corrected chi connectivity index (χ2v) is 16.0. The van der Waals surface area contributed by atoms with Gasteiger partial charge in [0.1, 0.15) is 53.5 Å². The van der Waals surface area contributed by atoms with Crippen molar-refractivity contribution in [2.24, 2.45) is 16.0 Å². The first-order valence-electron chi connectivity index (χ1n) is 19.0. The molecule has 2 unspecified atom stereocenters. The number of amides is 3. The molecule has 3 amide bonds. The van der Waals surface area contributed by atoms with Crippen LogP contribution in [0.25, 0.3) is 0 Å². The minimum atomic E-state index is -1.05. The van der Waals surface area contributed by atoms with Crippen molar-refractivity contribution in [1.82, 2.24) is 15.2 Å². The number of benzene rings is 4. The van der Waals surface area contributed by atoms with Crippen LogP contribution in [0.4, 0.5) is 5.13 Å². The predicted molar refractivity (Wildman–Crippen MR) is 229 cm³/mol. The van der Waals surface area contributed by atoms with E-state index in [-0.39, 0.29) is 41.6 Å². The summed E-state index contributed by atoms with van der Waals surface area (Å²) < 4.78 is 10.9. The molecule has 8 rings (SSSR count). The van der Waals surface area contributed by atoms with Crippen molar-refractivity contribution in [3.05, 3.63) is 160 Å². The highest BCUT2D eigenvalue weighted by atomic mass is 32.2. The molecule has 4 heterocycles. The number of carbonyl (C=O) groups excluding carboxylic acids is 4. The molecule has 0 aliphatic carbocycles. The van der Waals surface area contributed by atoms with Crippen molar-refractivity contribution < 1.29 is 38.3 Å². The van der Waals surface area contributed by atoms with Crippen LogP contribution >= 0.6 is 23.1 Å². The number of thioether (sulfide) groups is 1. The molecule has 1 aromatic heterocycles. The molecule has 0 radical (unpaired) electrons. The number of methoxy groups -OCH3 is 1. The van der Waals surface area contributed by atoms with E-state index in [1.165, 1.54) is 35.1 Å². The van der Waals surface area contributed by atoms with E-state index in [4.69, 9.17) is 29.9 Å². The first-order chi connectivity index (χ1) is 29.7. The normalized spacial score (nSPS) is 18.6. The van der Waals surface area contributed by atoms with Crippen LogP contribution < -0.4 is 21.1 Å². The molecule has 0 bridgehead atoms. The summed E-state index contributed by atoms with van der Waals surface area (Å²) in [7, 11) is 2.86. The number of carbonyl (C=O) groups is 4. The van der Waals surface area contributed by atoms with E-state index in [0.717, 1.165) is 16.7 Å². The van der Waals surface area contributed by atoms with Gasteiger partial charge < -0.3 is 35.5 Å². The summed E-state index contributed by atoms with van der Waals surface area (Å²) in [6, 6.07) is 36.0. The van der Waals surface area contributed by atoms with Crippen molar-refractivity contribution in [1.29, 1.82) is 0 Å². The fourth-order valence-corrected chi connectivity index (χ4v) is 9.57. The Morgan fingerprint density at radius 3 is 2.10 bits per heavy atom. The van der Waals surface area contributed by atoms with Crippen LogP contribution in [-0.2, 0) is 45.7 Å². The van der Waals surface area contributed by atoms with Crippen LogP contribution in [0.3, 0.4) is 0 Å². The molecule has 3 aliphatic rings. The van der Waals surface area contributed by atoms with Crippen molar-refractivity contribution in [3.8, 4) is 5.75 Å². The lowest BCUT2D eigenvalue weighted by Gasteiger charge is -2.50. The lowest BCUT2D eigenvalue weighted by Crippen LogP contribution is -2.71. The van der Waals surface area contributed by atoms with Crippen LogP contribution in [0, 0.1) is 0 Å². The van der Waals surface area contributed by atoms with Gasteiger partial charge in [-0.3, -0.25) is 19.3 Å². The highest BCUT2D eigenvalue weighted by Gasteiger charge is 2.56. The van der Waals surface area contributed by atoms with Gasteiger partial charge >= 0.3 is 5.97 Å². The number of oxime groups is 2. The van der Waals surface area contributed by atoms with Crippen LogP contribution in [0.1, 0.15) is 34.4 Å². The average molecular weight is 858 g/mol. The molecule has 15 nitrogen and oxygen atoms in total. The number of esters is 1. The maximum Gasteiger partial charge on any atom is 0.355 e. The fraction of sp³-hybridized carbons (Fsp3) is 0.205. The average Bonchev–Trinajstić information content (AvgIpc) is 4.00. The number of hydrogen-bond donors (Lipinski definition) is 3. The van der Waals surface area contributed by atoms with Crippen LogP contribution in [0.2, 0.25) is 0 Å². The molecule has 5 aromatic rings. The molecule has 4 N–H and O–H groups in total. The number of β-lactam (4-membered cyclic amide) rings is 1. The Balaban J connectivity index is 1.04. The number of anilines is 1. The molecular weight excluding hydrogens is 819 g/mol. The second kappa shape index (κ2) is 17.7. The van der Waals surface area contributed by atoms with E-state index in [1.807, 2.05) is 91.0 Å². The van der Waals surface area contributed by atoms with Gasteiger partial charge in [0.15, 0.2) is 16.9 Å². The Kier molecular flexibility index (Phi) is 11.8. The first kappa shape index (κ1) is 40.8. The van der Waals surface area contributed by atoms with Gasteiger partial charge in [0.05, 0.1) is 7.11 Å². The number of thiazole rings is 1. The molecule has 4 aromatic carbocycles. The van der Waals surface area contributed by atoms with E-state index in [2.05, 4.69) is 20.9 Å². The minimum absolute atomic E-state index is 0.00638. The molecule has 3 aliphatic heterocycles. The molecule has 0 spiro atoms. The molecule has 310 valence electrons. The molecule has 3 atom stereocenters. The first-order valence-corrected chi connectivity index (χ1v) is 21.0. The van der Waals surface area contributed by atoms with Crippen LogP contribution in [0.15, 0.2) is 142 Å². The standard InChI is InChI=1S/C44H39N7O8S2/c1-56-30-20-18-26(19-21-30)23-58-42(55)37-31(34-22-32(38(45)52)49-59-34)24-60-41-36(40(54)51(37)41)47-39(53)35(50-57-2)33-25-61-43(46-33)48-44(27-12-6-3-7-13-27,28-14-8-4-9-15-28)29-16-10-5-11-17-29/h3-21,25,34,36,41H,22-24H2,1-2H3,(H2,45,52)(H,46,48)(H,47,53)/b50-35-/t34-,36?,41?/m0/s1. The monoisotopic (exact) mass is 857 g/mol. The fourth-order valence-electron chi connectivity index (χ4n) is 7.41. The predicted octanol–water partition coefficient (Wildman–Crippen LogP) is 4.93. The number of primary amides is 1. The number of fused-ring (bicyclic) bond motifs is 1. The van der Waals surface area contributed by atoms with Crippen molar-refractivity contribution in [2.45, 2.75) is 36.1 Å². The lowest BCUT2D eigenvalue weighted by molar-refractivity contribution is -0.153. The third kappa shape index (κ3) is 8.04. The Morgan fingerprint density at radius 2 is 1.54 bits per heavy atom. The lowest BCUT2D eigenvalue weighted by atomic mass is 9.77. The van der Waals surface area contributed by atoms with Crippen LogP contribution in [0.5, 0.6) is 5.75 Å². The maximum absolute atomic E-state index is 14.1. The molecule has 61 heavy (non-hydrogen) atoms. The largest absolute Gasteiger partial charge is 0.497 e. The van der Waals surface area contributed by atoms with Gasteiger partial charge in [0, 0.05) is 23.1 Å². The van der Waals surface area contributed by atoms with Crippen LogP contribution in [-0.4, -0.2) is 82.5 Å². The molecule has 1 fully saturated rings. The highest BCUT2D eigenvalue weighted by molar-refractivity contribution is 8.00. The number of aromatic nitrogens is 1. The number of nitrogens with zero attached hydrogens (tertiary/aromatic N) is 4. The van der Waals surface area contributed by atoms with E-state index in [1.54, 1.807) is 36.8 Å². The van der Waals surface area contributed by atoms with Gasteiger partial charge in [-0.15, -0.1) is 23.1 Å². The van der Waals surface area contributed by atoms with Crippen molar-refractivity contribution in [2.75, 3.05) is 25.3 Å². The van der Waals surface area contributed by atoms with Gasteiger partial charge in [-0.05, 0) is 34.4 Å². The van der Waals surface area contributed by atoms with Crippen molar-refractivity contribution in [3.63, 3.8) is 0 Å². The summed E-state index contributed by atoms with van der Waals surface area (Å²) in [5, 5.41) is 15.8. The van der Waals surface area contributed by atoms with Gasteiger partial charge in [-0.25, -0.2) is 9.78 Å². The van der Waals surface area contributed by atoms with Gasteiger partial charge in [0.2, 0.25) is 0 Å². The van der Waals surface area contributed by atoms with E-state index < -0.39 is 46.7 Å². The van der Waals surface area contributed by atoms with E-state index in [0.29, 0.717) is 22.0 Å². The van der Waals surface area contributed by atoms with Gasteiger partial charge in [-0.2, -0.15) is 0 Å². The Hall–Kier alpha value is -6.98. The highest BCUT2D eigenvalue weighted by Crippen LogP contribution is 2.44. The zero-order chi connectivity index (χ0) is 42.5. The summed E-state index contributed by atoms with van der Waals surface area (Å²) >= 11 is 2.59. The number of rotatable bonds is 15. The van der Waals surface area contributed by atoms with Gasteiger partial charge in [-0.1, -0.05) is 113 Å². The Morgan fingerprint density at radius 1 is 0.918 bits per heavy atom. The topological polar surface area (TPSA) is 196 Å². The number of nitrogens with one attached hydrogen (secondary N) is 2. The molecular formula is C44H39N7O8S2. The third-order valence-corrected chi connectivity index (χ3v) is 12.5. The zero-order valence-corrected chi connectivity index (χ0v) is 34.5. The zero-order valence-electron chi connectivity index (χ0n) is 32.8. The number of ether oxygens (including phenoxy) is 2. The molecule has 17 heteroatoms. The van der Waals surface area contributed by atoms with Crippen molar-refractivity contribution >= 4 is 63.3 Å². The van der Waals surface area contributed by atoms with Gasteiger partial charge in [0.25, 0.3) is 17.7 Å². The summed E-state index contributed by atoms with van der Waals surface area (Å²) in [5.74, 6) is -1.98. The summed E-state index contributed by atoms with van der Waals surface area (Å²) in [5.41, 5.74) is 8.57. The second-order valence-electron chi connectivity index (χ2n) is 14.0. The molecule has 0 saturated carbocycles. The Labute approximate surface area is 358 Å². The quantitative estimate of drug-likeness (QED) is 0.0425. The Bertz CT molecular complexity index is 2440. The van der Waals surface area contributed by atoms with E-state index in [9.17, 15) is 19.2 Å². The summed E-state index contributed by atoms with van der Waals surface area (Å²) in [6.07, 6.45) is -0.823.